The van der Waals surface area contributed by atoms with Crippen molar-refractivity contribution in [1.82, 2.24) is 0 Å². The Morgan fingerprint density at radius 2 is 2.10 bits per heavy atom. The first kappa shape index (κ1) is 15.5. The summed E-state index contributed by atoms with van der Waals surface area (Å²) < 4.78 is 16.2. The molecule has 1 aromatic carbocycles. The quantitative estimate of drug-likeness (QED) is 0.791. The van der Waals surface area contributed by atoms with Crippen LogP contribution < -0.4 is 0 Å². The zero-order valence-electron chi connectivity index (χ0n) is 12.5. The average Bonchev–Trinajstić information content (AvgIpc) is 2.87. The summed E-state index contributed by atoms with van der Waals surface area (Å²) in [4.78, 5) is 10.9. The van der Waals surface area contributed by atoms with Crippen LogP contribution in [-0.2, 0) is 16.1 Å². The number of fused-ring (bicyclic) bond motifs is 1. The smallest absolute Gasteiger partial charge is 0.371 e. The molecule has 1 heterocycles. The minimum Gasteiger partial charge on any atom is -0.475 e. The van der Waals surface area contributed by atoms with Gasteiger partial charge in [0.25, 0.3) is 0 Å². The van der Waals surface area contributed by atoms with Crippen LogP contribution in [0.15, 0.2) is 28.7 Å². The van der Waals surface area contributed by atoms with Crippen LogP contribution >= 0.6 is 0 Å². The highest BCUT2D eigenvalue weighted by Gasteiger charge is 2.15. The highest BCUT2D eigenvalue weighted by molar-refractivity contribution is 5.91. The van der Waals surface area contributed by atoms with Gasteiger partial charge in [-0.2, -0.15) is 0 Å². The number of carboxylic acid groups (broad SMARTS) is 1. The fourth-order valence-electron chi connectivity index (χ4n) is 1.90. The number of hydrogen-bond acceptors (Lipinski definition) is 4. The maximum atomic E-state index is 10.9. The van der Waals surface area contributed by atoms with Crippen LogP contribution in [0.3, 0.4) is 0 Å². The lowest BCUT2D eigenvalue weighted by Crippen LogP contribution is -2.24. The second-order valence-electron chi connectivity index (χ2n) is 5.55. The van der Waals surface area contributed by atoms with Crippen molar-refractivity contribution < 1.29 is 23.8 Å². The summed E-state index contributed by atoms with van der Waals surface area (Å²) in [6.07, 6.45) is 0.806. The second-order valence-corrected chi connectivity index (χ2v) is 5.55. The van der Waals surface area contributed by atoms with E-state index in [4.69, 9.17) is 19.0 Å². The van der Waals surface area contributed by atoms with E-state index in [1.807, 2.05) is 26.0 Å². The van der Waals surface area contributed by atoms with Crippen LogP contribution in [0.1, 0.15) is 36.4 Å². The zero-order chi connectivity index (χ0) is 15.5. The fourth-order valence-corrected chi connectivity index (χ4v) is 1.90. The van der Waals surface area contributed by atoms with Crippen LogP contribution in [0.2, 0.25) is 0 Å². The number of rotatable bonds is 7. The Balaban J connectivity index is 1.95. The lowest BCUT2D eigenvalue weighted by Gasteiger charge is -2.22. The number of benzene rings is 1. The van der Waals surface area contributed by atoms with Crippen molar-refractivity contribution in [2.24, 2.45) is 0 Å². The molecule has 2 rings (SSSR count). The van der Waals surface area contributed by atoms with Crippen molar-refractivity contribution in [1.29, 1.82) is 0 Å². The first-order valence-electron chi connectivity index (χ1n) is 6.80. The van der Waals surface area contributed by atoms with E-state index in [2.05, 4.69) is 0 Å². The van der Waals surface area contributed by atoms with Gasteiger partial charge in [0.2, 0.25) is 5.76 Å². The largest absolute Gasteiger partial charge is 0.475 e. The number of ether oxygens (including phenoxy) is 2. The molecule has 0 fully saturated rings. The van der Waals surface area contributed by atoms with Gasteiger partial charge in [0, 0.05) is 19.1 Å². The molecule has 114 valence electrons. The van der Waals surface area contributed by atoms with Crippen LogP contribution in [0.25, 0.3) is 11.0 Å². The van der Waals surface area contributed by atoms with Crippen molar-refractivity contribution in [3.05, 3.63) is 35.6 Å². The predicted octanol–water partition coefficient (Wildman–Crippen LogP) is 3.46. The molecule has 0 unspecified atom stereocenters. The van der Waals surface area contributed by atoms with Gasteiger partial charge in [-0.05, 0) is 44.0 Å². The third-order valence-corrected chi connectivity index (χ3v) is 3.46. The molecule has 21 heavy (non-hydrogen) atoms. The minimum atomic E-state index is -1.06. The first-order valence-corrected chi connectivity index (χ1v) is 6.80. The molecule has 0 radical (unpaired) electrons. The normalized spacial score (nSPS) is 12.0. The summed E-state index contributed by atoms with van der Waals surface area (Å²) in [6.45, 7) is 5.11. The predicted molar refractivity (Wildman–Crippen MR) is 78.5 cm³/mol. The second kappa shape index (κ2) is 6.28. The van der Waals surface area contributed by atoms with Crippen molar-refractivity contribution in [2.75, 3.05) is 13.7 Å². The Kier molecular flexibility index (Phi) is 4.65. The lowest BCUT2D eigenvalue weighted by atomic mass is 10.1. The lowest BCUT2D eigenvalue weighted by molar-refractivity contribution is -0.0124. The minimum absolute atomic E-state index is 0.0510. The molecular formula is C16H20O5. The van der Waals surface area contributed by atoms with E-state index < -0.39 is 5.97 Å². The molecule has 1 aromatic heterocycles. The molecule has 0 aliphatic carbocycles. The summed E-state index contributed by atoms with van der Waals surface area (Å²) in [5.41, 5.74) is 1.36. The maximum Gasteiger partial charge on any atom is 0.371 e. The Morgan fingerprint density at radius 3 is 2.76 bits per heavy atom. The molecule has 0 aliphatic rings. The van der Waals surface area contributed by atoms with Crippen molar-refractivity contribution in [2.45, 2.75) is 32.5 Å². The third-order valence-electron chi connectivity index (χ3n) is 3.46. The van der Waals surface area contributed by atoms with Gasteiger partial charge in [0.15, 0.2) is 0 Å². The van der Waals surface area contributed by atoms with Crippen LogP contribution in [-0.4, -0.2) is 30.4 Å². The van der Waals surface area contributed by atoms with E-state index >= 15 is 0 Å². The highest BCUT2D eigenvalue weighted by atomic mass is 16.5. The van der Waals surface area contributed by atoms with Crippen molar-refractivity contribution in [3.8, 4) is 0 Å². The molecule has 5 nitrogen and oxygen atoms in total. The van der Waals surface area contributed by atoms with Gasteiger partial charge in [-0.3, -0.25) is 0 Å². The molecule has 0 bridgehead atoms. The number of carbonyl (C=O) groups is 1. The zero-order valence-corrected chi connectivity index (χ0v) is 12.5. The molecule has 0 amide bonds. The van der Waals surface area contributed by atoms with E-state index in [0.717, 1.165) is 17.4 Å². The van der Waals surface area contributed by atoms with Crippen LogP contribution in [0, 0.1) is 0 Å². The van der Waals surface area contributed by atoms with Gasteiger partial charge in [0.1, 0.15) is 5.58 Å². The molecule has 5 heteroatoms. The molecule has 0 spiro atoms. The Hall–Kier alpha value is -1.85. The first-order chi connectivity index (χ1) is 9.91. The van der Waals surface area contributed by atoms with Gasteiger partial charge >= 0.3 is 5.97 Å². The molecule has 1 N–H and O–H groups in total. The van der Waals surface area contributed by atoms with E-state index in [1.54, 1.807) is 13.2 Å². The van der Waals surface area contributed by atoms with Gasteiger partial charge < -0.3 is 19.0 Å². The fraction of sp³-hybridized carbons (Fsp3) is 0.438. The van der Waals surface area contributed by atoms with E-state index in [9.17, 15) is 4.79 Å². The Bertz CT molecular complexity index is 627. The summed E-state index contributed by atoms with van der Waals surface area (Å²) >= 11 is 0. The summed E-state index contributed by atoms with van der Waals surface area (Å²) in [5, 5.41) is 9.67. The van der Waals surface area contributed by atoms with Gasteiger partial charge in [-0.15, -0.1) is 0 Å². The Labute approximate surface area is 123 Å². The Morgan fingerprint density at radius 1 is 1.33 bits per heavy atom. The number of furan rings is 1. The average molecular weight is 292 g/mol. The standard InChI is InChI=1S/C16H20O5/c1-16(2,19-3)6-7-20-10-11-4-5-13-12(8-11)9-14(21-13)15(17)18/h4-5,8-9H,6-7,10H2,1-3H3,(H,17,18). The SMILES string of the molecule is COC(C)(C)CCOCc1ccc2oc(C(=O)O)cc2c1. The van der Waals surface area contributed by atoms with E-state index in [1.165, 1.54) is 6.07 Å². The van der Waals surface area contributed by atoms with Crippen LogP contribution in [0.5, 0.6) is 0 Å². The van der Waals surface area contributed by atoms with Gasteiger partial charge in [-0.1, -0.05) is 6.07 Å². The van der Waals surface area contributed by atoms with E-state index in [-0.39, 0.29) is 11.4 Å². The number of aromatic carboxylic acids is 1. The number of methoxy groups -OCH3 is 1. The molecule has 0 saturated heterocycles. The molecule has 2 aromatic rings. The monoisotopic (exact) mass is 292 g/mol. The number of carboxylic acids is 1. The van der Waals surface area contributed by atoms with Gasteiger partial charge in [0.05, 0.1) is 12.2 Å². The maximum absolute atomic E-state index is 10.9. The molecule has 0 atom stereocenters. The van der Waals surface area contributed by atoms with Crippen LogP contribution in [0.4, 0.5) is 0 Å². The van der Waals surface area contributed by atoms with Crippen molar-refractivity contribution in [3.63, 3.8) is 0 Å². The molecule has 0 aliphatic heterocycles. The third kappa shape index (κ3) is 4.06. The number of hydrogen-bond donors (Lipinski definition) is 1. The molecular weight excluding hydrogens is 272 g/mol. The summed E-state index contributed by atoms with van der Waals surface area (Å²) in [7, 11) is 1.69. The summed E-state index contributed by atoms with van der Waals surface area (Å²) in [5.74, 6) is -1.12. The van der Waals surface area contributed by atoms with Gasteiger partial charge in [-0.25, -0.2) is 4.79 Å². The highest BCUT2D eigenvalue weighted by Crippen LogP contribution is 2.21. The van der Waals surface area contributed by atoms with Crippen molar-refractivity contribution >= 4 is 16.9 Å². The van der Waals surface area contributed by atoms with E-state index in [0.29, 0.717) is 18.8 Å². The molecule has 0 saturated carbocycles. The summed E-state index contributed by atoms with van der Waals surface area (Å²) in [6, 6.07) is 7.04. The topological polar surface area (TPSA) is 68.9 Å².